The molecule has 4 nitrogen and oxygen atoms in total. The molecular weight excluding hydrogens is 411 g/mol. The van der Waals surface area contributed by atoms with Crippen LogP contribution in [0.15, 0.2) is 36.4 Å². The first-order chi connectivity index (χ1) is 13.2. The van der Waals surface area contributed by atoms with Gasteiger partial charge in [-0.15, -0.1) is 0 Å². The Hall–Kier alpha value is -3.11. The van der Waals surface area contributed by atoms with Crippen molar-refractivity contribution in [2.24, 2.45) is 0 Å². The lowest BCUT2D eigenvalue weighted by atomic mass is 9.89. The summed E-state index contributed by atoms with van der Waals surface area (Å²) in [7, 11) is 0. The van der Waals surface area contributed by atoms with Crippen molar-refractivity contribution in [2.45, 2.75) is 24.9 Å². The number of anilines is 1. The van der Waals surface area contributed by atoms with E-state index in [1.165, 1.54) is 6.07 Å². The van der Waals surface area contributed by atoms with Crippen LogP contribution in [0.4, 0.5) is 36.4 Å². The number of carbonyl (C=O) groups is 2. The number of nitrogens with zero attached hydrogens (tertiary/aromatic N) is 1. The topological polar surface area (TPSA) is 57.6 Å². The number of fused-ring (bicyclic) bond motifs is 1. The van der Waals surface area contributed by atoms with E-state index in [4.69, 9.17) is 0 Å². The molecule has 0 aromatic heterocycles. The zero-order chi connectivity index (χ0) is 21.9. The third kappa shape index (κ3) is 2.75. The number of rotatable bonds is 2. The maximum absolute atomic E-state index is 14.5. The number of benzene rings is 2. The lowest BCUT2D eigenvalue weighted by Crippen LogP contribution is -2.51. The van der Waals surface area contributed by atoms with Crippen LogP contribution in [-0.4, -0.2) is 29.3 Å². The Labute approximate surface area is 158 Å². The summed E-state index contributed by atoms with van der Waals surface area (Å²) in [5.41, 5.74) is -9.84. The molecule has 0 spiro atoms. The van der Waals surface area contributed by atoms with Crippen molar-refractivity contribution < 1.29 is 45.4 Å². The Morgan fingerprint density at radius 1 is 0.828 bits per heavy atom. The van der Waals surface area contributed by atoms with Crippen molar-refractivity contribution in [1.29, 1.82) is 0 Å². The fourth-order valence-corrected chi connectivity index (χ4v) is 3.19. The number of halogens is 7. The number of phenols is 1. The second-order valence-electron chi connectivity index (χ2n) is 6.25. The highest BCUT2D eigenvalue weighted by Crippen LogP contribution is 2.54. The van der Waals surface area contributed by atoms with Crippen LogP contribution in [0.25, 0.3) is 0 Å². The SMILES string of the molecule is Cc1c(N2C(=O)c3cccc(O)c3C2=O)cccc1C(F)(C(F)(F)F)C(F)(F)F. The first-order valence-electron chi connectivity index (χ1n) is 7.86. The molecule has 11 heteroatoms. The van der Waals surface area contributed by atoms with Gasteiger partial charge in [-0.3, -0.25) is 9.59 Å². The van der Waals surface area contributed by atoms with E-state index in [2.05, 4.69) is 0 Å². The largest absolute Gasteiger partial charge is 0.507 e. The number of phenolic OH excluding ortho intramolecular Hbond substituents is 1. The summed E-state index contributed by atoms with van der Waals surface area (Å²) < 4.78 is 93.2. The monoisotopic (exact) mass is 421 g/mol. The molecule has 1 aliphatic heterocycles. The molecule has 1 aliphatic rings. The van der Waals surface area contributed by atoms with E-state index in [-0.39, 0.29) is 11.6 Å². The molecule has 3 rings (SSSR count). The summed E-state index contributed by atoms with van der Waals surface area (Å²) >= 11 is 0. The molecule has 1 N–H and O–H groups in total. The molecular formula is C18H10F7NO3. The van der Waals surface area contributed by atoms with E-state index in [9.17, 15) is 45.4 Å². The molecule has 2 amide bonds. The van der Waals surface area contributed by atoms with Crippen LogP contribution in [0, 0.1) is 6.92 Å². The van der Waals surface area contributed by atoms with Gasteiger partial charge in [-0.05, 0) is 30.7 Å². The number of alkyl halides is 7. The van der Waals surface area contributed by atoms with Gasteiger partial charge in [0.25, 0.3) is 11.8 Å². The van der Waals surface area contributed by atoms with Crippen LogP contribution in [-0.2, 0) is 5.67 Å². The average Bonchev–Trinajstić information content (AvgIpc) is 2.85. The summed E-state index contributed by atoms with van der Waals surface area (Å²) in [6.07, 6.45) is -12.7. The molecule has 0 unspecified atom stereocenters. The van der Waals surface area contributed by atoms with Gasteiger partial charge in [-0.2, -0.15) is 26.3 Å². The average molecular weight is 421 g/mol. The molecule has 154 valence electrons. The summed E-state index contributed by atoms with van der Waals surface area (Å²) in [4.78, 5) is 25.4. The van der Waals surface area contributed by atoms with Crippen LogP contribution < -0.4 is 4.90 Å². The highest BCUT2D eigenvalue weighted by molar-refractivity contribution is 6.35. The Morgan fingerprint density at radius 3 is 1.90 bits per heavy atom. The minimum absolute atomic E-state index is 0.287. The number of aromatic hydroxyl groups is 1. The van der Waals surface area contributed by atoms with E-state index in [1.807, 2.05) is 0 Å². The maximum atomic E-state index is 14.5. The Bertz CT molecular complexity index is 1010. The van der Waals surface area contributed by atoms with Gasteiger partial charge < -0.3 is 5.11 Å². The van der Waals surface area contributed by atoms with Gasteiger partial charge in [0.05, 0.1) is 16.8 Å². The van der Waals surface area contributed by atoms with Crippen molar-refractivity contribution >= 4 is 17.5 Å². The van der Waals surface area contributed by atoms with E-state index in [0.29, 0.717) is 11.0 Å². The number of hydrogen-bond donors (Lipinski definition) is 1. The maximum Gasteiger partial charge on any atom is 0.435 e. The van der Waals surface area contributed by atoms with Gasteiger partial charge in [0.2, 0.25) is 0 Å². The third-order valence-electron chi connectivity index (χ3n) is 4.59. The fourth-order valence-electron chi connectivity index (χ4n) is 3.19. The minimum atomic E-state index is -6.35. The van der Waals surface area contributed by atoms with Crippen molar-refractivity contribution in [3.8, 4) is 5.75 Å². The second-order valence-corrected chi connectivity index (χ2v) is 6.25. The van der Waals surface area contributed by atoms with Crippen LogP contribution >= 0.6 is 0 Å². The van der Waals surface area contributed by atoms with Gasteiger partial charge in [0.1, 0.15) is 5.75 Å². The number of carbonyl (C=O) groups excluding carboxylic acids is 2. The molecule has 0 fully saturated rings. The molecule has 0 saturated heterocycles. The van der Waals surface area contributed by atoms with E-state index in [0.717, 1.165) is 25.1 Å². The van der Waals surface area contributed by atoms with Gasteiger partial charge in [0, 0.05) is 5.56 Å². The van der Waals surface area contributed by atoms with Crippen molar-refractivity contribution in [2.75, 3.05) is 4.90 Å². The Balaban J connectivity index is 2.23. The van der Waals surface area contributed by atoms with Gasteiger partial charge >= 0.3 is 18.0 Å². The lowest BCUT2D eigenvalue weighted by Gasteiger charge is -2.32. The van der Waals surface area contributed by atoms with Crippen LogP contribution in [0.2, 0.25) is 0 Å². The Kier molecular flexibility index (Phi) is 4.40. The van der Waals surface area contributed by atoms with Gasteiger partial charge in [-0.1, -0.05) is 18.2 Å². The molecule has 0 radical (unpaired) electrons. The van der Waals surface area contributed by atoms with Crippen molar-refractivity contribution in [3.05, 3.63) is 58.7 Å². The van der Waals surface area contributed by atoms with Crippen LogP contribution in [0.1, 0.15) is 31.8 Å². The highest BCUT2D eigenvalue weighted by atomic mass is 19.4. The highest BCUT2D eigenvalue weighted by Gasteiger charge is 2.74. The second kappa shape index (κ2) is 6.19. The van der Waals surface area contributed by atoms with Gasteiger partial charge in [-0.25, -0.2) is 9.29 Å². The van der Waals surface area contributed by atoms with Gasteiger partial charge in [0.15, 0.2) is 0 Å². The minimum Gasteiger partial charge on any atom is -0.507 e. The number of amides is 2. The standard InChI is InChI=1S/C18H10F7NO3/c1-8-10(16(19,17(20,21)22)18(23,24)25)5-3-6-11(8)26-14(28)9-4-2-7-12(27)13(9)15(26)29/h2-7,27H,1H3. The smallest absolute Gasteiger partial charge is 0.435 e. The molecule has 29 heavy (non-hydrogen) atoms. The normalized spacial score (nSPS) is 15.1. The first-order valence-corrected chi connectivity index (χ1v) is 7.86. The zero-order valence-electron chi connectivity index (χ0n) is 14.3. The summed E-state index contributed by atoms with van der Waals surface area (Å²) in [6.45, 7) is 0.736. The third-order valence-corrected chi connectivity index (χ3v) is 4.59. The number of imide groups is 1. The summed E-state index contributed by atoms with van der Waals surface area (Å²) in [5.74, 6) is -2.83. The fraction of sp³-hybridized carbons (Fsp3) is 0.222. The first kappa shape index (κ1) is 20.6. The van der Waals surface area contributed by atoms with Crippen LogP contribution in [0.5, 0.6) is 5.75 Å². The molecule has 0 bridgehead atoms. The molecule has 0 saturated carbocycles. The molecule has 0 atom stereocenters. The predicted octanol–water partition coefficient (Wildman–Crippen LogP) is 4.79. The molecule has 0 aliphatic carbocycles. The Morgan fingerprint density at radius 2 is 1.38 bits per heavy atom. The summed E-state index contributed by atoms with van der Waals surface area (Å²) in [5, 5.41) is 9.79. The van der Waals surface area contributed by atoms with Crippen molar-refractivity contribution in [1.82, 2.24) is 0 Å². The van der Waals surface area contributed by atoms with Crippen molar-refractivity contribution in [3.63, 3.8) is 0 Å². The van der Waals surface area contributed by atoms with E-state index < -0.39 is 58.0 Å². The molecule has 1 heterocycles. The summed E-state index contributed by atoms with van der Waals surface area (Å²) in [6, 6.07) is 5.33. The zero-order valence-corrected chi connectivity index (χ0v) is 14.3. The predicted molar refractivity (Wildman–Crippen MR) is 85.3 cm³/mol. The quantitative estimate of drug-likeness (QED) is 0.561. The lowest BCUT2D eigenvalue weighted by molar-refractivity contribution is -0.348. The molecule has 2 aromatic rings. The molecule has 2 aromatic carbocycles. The van der Waals surface area contributed by atoms with E-state index in [1.54, 1.807) is 0 Å². The van der Waals surface area contributed by atoms with E-state index >= 15 is 0 Å². The van der Waals surface area contributed by atoms with Crippen LogP contribution in [0.3, 0.4) is 0 Å². The number of hydrogen-bond acceptors (Lipinski definition) is 3.